The average molecular weight is 443 g/mol. The molecule has 8 heteroatoms. The molecule has 0 amide bonds. The first-order valence-electron chi connectivity index (χ1n) is 9.50. The van der Waals surface area contributed by atoms with Crippen molar-refractivity contribution < 1.29 is 19.4 Å². The maximum Gasteiger partial charge on any atom is 0.360 e. The standard InChI is InChI=1S/C22H19ClN2O4S/c1-3-4-9-28-22(27)19-20(26)16-10-13(5-7-15(16)21(23)25-19)29-14-6-8-17-18(11-14)30-12(2)24-17/h5-8,10-11,26H,3-4,9H2,1-2H3. The fourth-order valence-electron chi connectivity index (χ4n) is 3.04. The van der Waals surface area contributed by atoms with Gasteiger partial charge in [-0.2, -0.15) is 0 Å². The van der Waals surface area contributed by atoms with Crippen molar-refractivity contribution in [3.05, 3.63) is 52.3 Å². The van der Waals surface area contributed by atoms with E-state index in [1.165, 1.54) is 0 Å². The largest absolute Gasteiger partial charge is 0.505 e. The number of carbonyl (C=O) groups is 1. The molecule has 2 aromatic heterocycles. The number of fused-ring (bicyclic) bond motifs is 2. The Morgan fingerprint density at radius 3 is 2.70 bits per heavy atom. The van der Waals surface area contributed by atoms with E-state index in [9.17, 15) is 9.90 Å². The van der Waals surface area contributed by atoms with Crippen molar-refractivity contribution in [2.45, 2.75) is 26.7 Å². The average Bonchev–Trinajstić information content (AvgIpc) is 3.10. The molecule has 30 heavy (non-hydrogen) atoms. The van der Waals surface area contributed by atoms with Crippen molar-refractivity contribution in [1.29, 1.82) is 0 Å². The number of hydrogen-bond donors (Lipinski definition) is 1. The minimum Gasteiger partial charge on any atom is -0.505 e. The number of ether oxygens (including phenoxy) is 2. The maximum atomic E-state index is 12.3. The summed E-state index contributed by atoms with van der Waals surface area (Å²) in [6, 6.07) is 10.7. The Morgan fingerprint density at radius 1 is 1.13 bits per heavy atom. The van der Waals surface area contributed by atoms with Crippen molar-refractivity contribution in [3.8, 4) is 17.2 Å². The van der Waals surface area contributed by atoms with E-state index >= 15 is 0 Å². The minimum absolute atomic E-state index is 0.110. The molecular formula is C22H19ClN2O4S. The fraction of sp³-hybridized carbons (Fsp3) is 0.227. The highest BCUT2D eigenvalue weighted by Crippen LogP contribution is 2.36. The van der Waals surface area contributed by atoms with Crippen molar-refractivity contribution >= 4 is 49.9 Å². The number of nitrogens with zero attached hydrogens (tertiary/aromatic N) is 2. The van der Waals surface area contributed by atoms with Gasteiger partial charge in [0.1, 0.15) is 16.7 Å². The van der Waals surface area contributed by atoms with Crippen LogP contribution in [0.3, 0.4) is 0 Å². The van der Waals surface area contributed by atoms with Crippen LogP contribution >= 0.6 is 22.9 Å². The van der Waals surface area contributed by atoms with Crippen LogP contribution in [0.15, 0.2) is 36.4 Å². The summed E-state index contributed by atoms with van der Waals surface area (Å²) in [5.74, 6) is 0.146. The number of aryl methyl sites for hydroxylation is 1. The number of rotatable bonds is 6. The van der Waals surface area contributed by atoms with Crippen LogP contribution in [0.1, 0.15) is 35.3 Å². The number of aromatic hydroxyl groups is 1. The zero-order valence-corrected chi connectivity index (χ0v) is 18.0. The van der Waals surface area contributed by atoms with Crippen LogP contribution in [0.4, 0.5) is 0 Å². The Kier molecular flexibility index (Phi) is 5.74. The molecule has 2 aromatic carbocycles. The van der Waals surface area contributed by atoms with E-state index in [1.807, 2.05) is 32.0 Å². The number of thiazole rings is 1. The third kappa shape index (κ3) is 4.04. The summed E-state index contributed by atoms with van der Waals surface area (Å²) in [4.78, 5) is 20.8. The molecular weight excluding hydrogens is 424 g/mol. The molecule has 2 heterocycles. The monoisotopic (exact) mass is 442 g/mol. The Hall–Kier alpha value is -2.90. The summed E-state index contributed by atoms with van der Waals surface area (Å²) in [7, 11) is 0. The Morgan fingerprint density at radius 2 is 1.90 bits per heavy atom. The Balaban J connectivity index is 1.67. The smallest absolute Gasteiger partial charge is 0.360 e. The Bertz CT molecular complexity index is 1260. The second-order valence-electron chi connectivity index (χ2n) is 6.76. The van der Waals surface area contributed by atoms with Gasteiger partial charge in [0.25, 0.3) is 0 Å². The molecule has 0 atom stereocenters. The van der Waals surface area contributed by atoms with Gasteiger partial charge in [-0.15, -0.1) is 11.3 Å². The third-order valence-electron chi connectivity index (χ3n) is 4.53. The van der Waals surface area contributed by atoms with E-state index < -0.39 is 5.97 Å². The summed E-state index contributed by atoms with van der Waals surface area (Å²) < 4.78 is 12.2. The molecule has 0 aliphatic carbocycles. The molecule has 6 nitrogen and oxygen atoms in total. The lowest BCUT2D eigenvalue weighted by Crippen LogP contribution is -2.09. The van der Waals surface area contributed by atoms with Gasteiger partial charge in [0.2, 0.25) is 0 Å². The van der Waals surface area contributed by atoms with Gasteiger partial charge in [0.05, 0.1) is 21.8 Å². The van der Waals surface area contributed by atoms with Crippen LogP contribution in [0.2, 0.25) is 5.15 Å². The molecule has 154 valence electrons. The lowest BCUT2D eigenvalue weighted by molar-refractivity contribution is 0.0489. The predicted molar refractivity (Wildman–Crippen MR) is 118 cm³/mol. The molecule has 0 saturated carbocycles. The molecule has 0 bridgehead atoms. The summed E-state index contributed by atoms with van der Waals surface area (Å²) in [6.45, 7) is 4.21. The van der Waals surface area contributed by atoms with Gasteiger partial charge in [-0.05, 0) is 43.7 Å². The summed E-state index contributed by atoms with van der Waals surface area (Å²) >= 11 is 7.83. The number of hydrogen-bond acceptors (Lipinski definition) is 7. The molecule has 0 aliphatic rings. The van der Waals surface area contributed by atoms with E-state index in [0.29, 0.717) is 22.3 Å². The highest BCUT2D eigenvalue weighted by Gasteiger charge is 2.20. The molecule has 4 aromatic rings. The molecule has 0 radical (unpaired) electrons. The number of carbonyl (C=O) groups excluding carboxylic acids is 1. The van der Waals surface area contributed by atoms with Crippen molar-refractivity contribution in [2.75, 3.05) is 6.61 Å². The SMILES string of the molecule is CCCCOC(=O)c1nc(Cl)c2ccc(Oc3ccc4nc(C)sc4c3)cc2c1O. The number of halogens is 1. The van der Waals surface area contributed by atoms with Crippen LogP contribution < -0.4 is 4.74 Å². The van der Waals surface area contributed by atoms with Gasteiger partial charge in [0, 0.05) is 16.8 Å². The molecule has 0 aliphatic heterocycles. The fourth-order valence-corrected chi connectivity index (χ4v) is 4.15. The molecule has 1 N–H and O–H groups in total. The van der Waals surface area contributed by atoms with Crippen LogP contribution in [0.5, 0.6) is 17.2 Å². The summed E-state index contributed by atoms with van der Waals surface area (Å²) in [5, 5.41) is 12.6. The lowest BCUT2D eigenvalue weighted by Gasteiger charge is -2.11. The molecule has 4 rings (SSSR count). The summed E-state index contributed by atoms with van der Waals surface area (Å²) in [5.41, 5.74) is 0.715. The Labute approximate surface area is 182 Å². The van der Waals surface area contributed by atoms with Gasteiger partial charge in [-0.3, -0.25) is 0 Å². The highest BCUT2D eigenvalue weighted by molar-refractivity contribution is 7.18. The quantitative estimate of drug-likeness (QED) is 0.215. The third-order valence-corrected chi connectivity index (χ3v) is 5.75. The molecule has 0 spiro atoms. The number of unbranched alkanes of at least 4 members (excludes halogenated alkanes) is 1. The minimum atomic E-state index is -0.706. The van der Waals surface area contributed by atoms with Crippen LogP contribution in [0, 0.1) is 6.92 Å². The van der Waals surface area contributed by atoms with E-state index in [-0.39, 0.29) is 23.2 Å². The van der Waals surface area contributed by atoms with Gasteiger partial charge < -0.3 is 14.6 Å². The first-order valence-corrected chi connectivity index (χ1v) is 10.7. The summed E-state index contributed by atoms with van der Waals surface area (Å²) in [6.07, 6.45) is 1.62. The van der Waals surface area contributed by atoms with Crippen molar-refractivity contribution in [2.24, 2.45) is 0 Å². The topological polar surface area (TPSA) is 81.5 Å². The number of esters is 1. The van der Waals surface area contributed by atoms with Gasteiger partial charge in [0.15, 0.2) is 11.4 Å². The molecule has 0 saturated heterocycles. The first-order chi connectivity index (χ1) is 14.5. The molecule has 0 fully saturated rings. The van der Waals surface area contributed by atoms with Crippen LogP contribution in [-0.4, -0.2) is 27.7 Å². The van der Waals surface area contributed by atoms with Gasteiger partial charge >= 0.3 is 5.97 Å². The van der Waals surface area contributed by atoms with Crippen molar-refractivity contribution in [3.63, 3.8) is 0 Å². The second-order valence-corrected chi connectivity index (χ2v) is 8.35. The maximum absolute atomic E-state index is 12.3. The van der Waals surface area contributed by atoms with Crippen LogP contribution in [0.25, 0.3) is 21.0 Å². The van der Waals surface area contributed by atoms with Gasteiger partial charge in [-0.25, -0.2) is 14.8 Å². The van der Waals surface area contributed by atoms with E-state index in [1.54, 1.807) is 29.5 Å². The molecule has 0 unspecified atom stereocenters. The normalized spacial score (nSPS) is 11.2. The highest BCUT2D eigenvalue weighted by atomic mass is 35.5. The zero-order valence-electron chi connectivity index (χ0n) is 16.4. The lowest BCUT2D eigenvalue weighted by atomic mass is 10.1. The first kappa shape index (κ1) is 20.4. The van der Waals surface area contributed by atoms with E-state index in [4.69, 9.17) is 21.1 Å². The predicted octanol–water partition coefficient (Wildman–Crippen LogP) is 6.26. The second kappa shape index (κ2) is 8.45. The number of pyridine rings is 1. The van der Waals surface area contributed by atoms with E-state index in [2.05, 4.69) is 9.97 Å². The van der Waals surface area contributed by atoms with Gasteiger partial charge in [-0.1, -0.05) is 24.9 Å². The number of benzene rings is 2. The van der Waals surface area contributed by atoms with Crippen LogP contribution in [-0.2, 0) is 4.74 Å². The number of aromatic nitrogens is 2. The van der Waals surface area contributed by atoms with Crippen molar-refractivity contribution in [1.82, 2.24) is 9.97 Å². The van der Waals surface area contributed by atoms with E-state index in [0.717, 1.165) is 28.1 Å². The zero-order chi connectivity index (χ0) is 21.3.